The fraction of sp³-hybridized carbons (Fsp3) is 0.0741. The number of amides is 2. The second-order valence-corrected chi connectivity index (χ2v) is 8.07. The topological polar surface area (TPSA) is 110 Å². The van der Waals surface area contributed by atoms with Gasteiger partial charge in [-0.3, -0.25) is 9.59 Å². The van der Waals surface area contributed by atoms with Gasteiger partial charge in [-0.05, 0) is 50.2 Å². The first-order valence-corrected chi connectivity index (χ1v) is 11.0. The lowest BCUT2D eigenvalue weighted by molar-refractivity contribution is 0.101. The Morgan fingerprint density at radius 3 is 2.46 bits per heavy atom. The third kappa shape index (κ3) is 4.63. The molecule has 0 aliphatic heterocycles. The first-order valence-electron chi connectivity index (χ1n) is 11.0. The van der Waals surface area contributed by atoms with Gasteiger partial charge in [0.2, 0.25) is 0 Å². The van der Waals surface area contributed by atoms with Crippen LogP contribution < -0.4 is 10.6 Å². The Morgan fingerprint density at radius 1 is 0.857 bits per heavy atom. The van der Waals surface area contributed by atoms with Crippen LogP contribution >= 0.6 is 0 Å². The number of aromatic nitrogens is 3. The number of benzene rings is 2. The van der Waals surface area contributed by atoms with E-state index in [0.29, 0.717) is 39.4 Å². The average molecular weight is 463 g/mol. The third-order valence-corrected chi connectivity index (χ3v) is 5.50. The van der Waals surface area contributed by atoms with E-state index in [9.17, 15) is 9.59 Å². The minimum atomic E-state index is -0.362. The zero-order valence-electron chi connectivity index (χ0n) is 19.1. The summed E-state index contributed by atoms with van der Waals surface area (Å²) in [4.78, 5) is 34.7. The van der Waals surface area contributed by atoms with Crippen LogP contribution in [0.1, 0.15) is 32.0 Å². The molecule has 0 unspecified atom stereocenters. The summed E-state index contributed by atoms with van der Waals surface area (Å²) in [7, 11) is 0. The highest BCUT2D eigenvalue weighted by Gasteiger charge is 2.20. The molecule has 3 heterocycles. The van der Waals surface area contributed by atoms with Gasteiger partial charge in [-0.15, -0.1) is 0 Å². The number of aryl methyl sites for hydroxylation is 2. The fourth-order valence-electron chi connectivity index (χ4n) is 3.71. The Labute approximate surface area is 201 Å². The molecule has 3 aromatic heterocycles. The van der Waals surface area contributed by atoms with Gasteiger partial charge < -0.3 is 15.2 Å². The van der Waals surface area contributed by atoms with Gasteiger partial charge in [-0.2, -0.15) is 0 Å². The molecule has 35 heavy (non-hydrogen) atoms. The fourth-order valence-corrected chi connectivity index (χ4v) is 3.71. The molecule has 2 N–H and O–H groups in total. The van der Waals surface area contributed by atoms with E-state index >= 15 is 0 Å². The molecule has 0 bridgehead atoms. The van der Waals surface area contributed by atoms with Gasteiger partial charge in [0.25, 0.3) is 17.5 Å². The number of nitrogens with zero attached hydrogens (tertiary/aromatic N) is 3. The molecule has 0 atom stereocenters. The first-order chi connectivity index (χ1) is 17.0. The Morgan fingerprint density at radius 2 is 1.69 bits per heavy atom. The van der Waals surface area contributed by atoms with Crippen LogP contribution in [-0.4, -0.2) is 26.9 Å². The van der Waals surface area contributed by atoms with Crippen molar-refractivity contribution in [3.8, 4) is 11.3 Å². The molecule has 5 rings (SSSR count). The minimum absolute atomic E-state index is 0.286. The van der Waals surface area contributed by atoms with Crippen molar-refractivity contribution in [3.63, 3.8) is 0 Å². The van der Waals surface area contributed by atoms with Crippen LogP contribution in [0.25, 0.3) is 22.4 Å². The number of pyridine rings is 2. The van der Waals surface area contributed by atoms with E-state index in [0.717, 1.165) is 11.1 Å². The summed E-state index contributed by atoms with van der Waals surface area (Å²) in [6.45, 7) is 3.77. The number of carbonyl (C=O) groups is 2. The van der Waals surface area contributed by atoms with Gasteiger partial charge in [0.1, 0.15) is 5.82 Å². The largest absolute Gasteiger partial charge is 0.335 e. The predicted molar refractivity (Wildman–Crippen MR) is 133 cm³/mol. The monoisotopic (exact) mass is 463 g/mol. The molecule has 8 nitrogen and oxygen atoms in total. The quantitative estimate of drug-likeness (QED) is 0.361. The van der Waals surface area contributed by atoms with E-state index in [4.69, 9.17) is 4.52 Å². The van der Waals surface area contributed by atoms with Crippen molar-refractivity contribution < 1.29 is 14.1 Å². The maximum absolute atomic E-state index is 13.4. The van der Waals surface area contributed by atoms with E-state index < -0.39 is 0 Å². The second-order valence-electron chi connectivity index (χ2n) is 8.07. The molecule has 5 aromatic rings. The summed E-state index contributed by atoms with van der Waals surface area (Å²) < 4.78 is 5.38. The van der Waals surface area contributed by atoms with E-state index in [1.165, 1.54) is 0 Å². The summed E-state index contributed by atoms with van der Waals surface area (Å²) >= 11 is 0. The molecule has 0 aliphatic carbocycles. The molecule has 0 saturated heterocycles. The van der Waals surface area contributed by atoms with Crippen LogP contribution in [0.3, 0.4) is 0 Å². The number of rotatable bonds is 5. The molecule has 0 radical (unpaired) electrons. The van der Waals surface area contributed by atoms with Gasteiger partial charge in [0, 0.05) is 23.0 Å². The van der Waals surface area contributed by atoms with Gasteiger partial charge >= 0.3 is 0 Å². The Kier molecular flexibility index (Phi) is 5.76. The molecule has 8 heteroatoms. The Bertz CT molecular complexity index is 1540. The average Bonchev–Trinajstić information content (AvgIpc) is 3.25. The lowest BCUT2D eigenvalue weighted by Crippen LogP contribution is -2.15. The normalized spacial score (nSPS) is 10.8. The Hall–Kier alpha value is -4.85. The van der Waals surface area contributed by atoms with Gasteiger partial charge in [-0.25, -0.2) is 9.97 Å². The van der Waals surface area contributed by atoms with Crippen molar-refractivity contribution in [2.75, 3.05) is 10.6 Å². The Balaban J connectivity index is 1.45. The zero-order valence-corrected chi connectivity index (χ0v) is 19.1. The number of hydrogen-bond acceptors (Lipinski definition) is 6. The molecular weight excluding hydrogens is 442 g/mol. The van der Waals surface area contributed by atoms with E-state index in [1.54, 1.807) is 61.7 Å². The van der Waals surface area contributed by atoms with Gasteiger partial charge in [-0.1, -0.05) is 47.1 Å². The number of fused-ring (bicyclic) bond motifs is 1. The number of nitrogens with one attached hydrogen (secondary N) is 2. The molecular formula is C27H21N5O3. The predicted octanol–water partition coefficient (Wildman–Crippen LogP) is 5.41. The standard InChI is InChI=1S/C27H21N5O3/c1-16-9-11-18(12-10-16)22-15-21(24-17(2)32-35-27(24)30-22)26(34)29-20-7-5-6-19(14-20)25(33)31-23-8-3-4-13-28-23/h3-15H,1-2H3,(H,29,34)(H,28,31,33). The lowest BCUT2D eigenvalue weighted by atomic mass is 10.0. The SMILES string of the molecule is Cc1ccc(-c2cc(C(=O)Nc3cccc(C(=O)Nc4ccccn4)c3)c3c(C)noc3n2)cc1. The van der Waals surface area contributed by atoms with Crippen molar-refractivity contribution in [2.24, 2.45) is 0 Å². The third-order valence-electron chi connectivity index (χ3n) is 5.50. The van der Waals surface area contributed by atoms with Crippen molar-refractivity contribution >= 4 is 34.4 Å². The van der Waals surface area contributed by atoms with Crippen LogP contribution in [0.5, 0.6) is 0 Å². The molecule has 0 saturated carbocycles. The second kappa shape index (κ2) is 9.18. The van der Waals surface area contributed by atoms with Crippen molar-refractivity contribution in [1.29, 1.82) is 0 Å². The maximum Gasteiger partial charge on any atom is 0.259 e. The molecule has 172 valence electrons. The smallest absolute Gasteiger partial charge is 0.259 e. The molecule has 2 aromatic carbocycles. The molecule has 2 amide bonds. The van der Waals surface area contributed by atoms with Crippen molar-refractivity contribution in [1.82, 2.24) is 15.1 Å². The van der Waals surface area contributed by atoms with Crippen LogP contribution in [0.4, 0.5) is 11.5 Å². The van der Waals surface area contributed by atoms with E-state index in [-0.39, 0.29) is 17.5 Å². The summed E-state index contributed by atoms with van der Waals surface area (Å²) in [5.74, 6) is -0.250. The minimum Gasteiger partial charge on any atom is -0.335 e. The lowest BCUT2D eigenvalue weighted by Gasteiger charge is -2.10. The molecule has 0 aliphatic rings. The highest BCUT2D eigenvalue weighted by atomic mass is 16.5. The van der Waals surface area contributed by atoms with Crippen LogP contribution in [0.15, 0.2) is 83.5 Å². The summed E-state index contributed by atoms with van der Waals surface area (Å²) in [5, 5.41) is 10.2. The first kappa shape index (κ1) is 22.0. The summed E-state index contributed by atoms with van der Waals surface area (Å²) in [5.41, 5.74) is 4.67. The van der Waals surface area contributed by atoms with E-state index in [1.807, 2.05) is 31.2 Å². The number of anilines is 2. The molecule has 0 spiro atoms. The van der Waals surface area contributed by atoms with Crippen molar-refractivity contribution in [2.45, 2.75) is 13.8 Å². The maximum atomic E-state index is 13.4. The molecule has 0 fully saturated rings. The van der Waals surface area contributed by atoms with E-state index in [2.05, 4.69) is 25.8 Å². The summed E-state index contributed by atoms with van der Waals surface area (Å²) in [6, 6.07) is 21.5. The van der Waals surface area contributed by atoms with Crippen LogP contribution in [-0.2, 0) is 0 Å². The van der Waals surface area contributed by atoms with Crippen LogP contribution in [0, 0.1) is 13.8 Å². The zero-order chi connectivity index (χ0) is 24.4. The van der Waals surface area contributed by atoms with Crippen LogP contribution in [0.2, 0.25) is 0 Å². The number of carbonyl (C=O) groups excluding carboxylic acids is 2. The highest BCUT2D eigenvalue weighted by Crippen LogP contribution is 2.28. The highest BCUT2D eigenvalue weighted by molar-refractivity contribution is 6.13. The van der Waals surface area contributed by atoms with Gasteiger partial charge in [0.15, 0.2) is 0 Å². The van der Waals surface area contributed by atoms with Crippen molar-refractivity contribution in [3.05, 3.63) is 101 Å². The number of hydrogen-bond donors (Lipinski definition) is 2. The summed E-state index contributed by atoms with van der Waals surface area (Å²) in [6.07, 6.45) is 1.60. The van der Waals surface area contributed by atoms with Gasteiger partial charge in [0.05, 0.1) is 22.3 Å².